The topological polar surface area (TPSA) is 90.6 Å². The van der Waals surface area contributed by atoms with E-state index in [1.165, 1.54) is 19.2 Å². The molecule has 0 saturated heterocycles. The van der Waals surface area contributed by atoms with Crippen LogP contribution in [-0.4, -0.2) is 25.2 Å². The van der Waals surface area contributed by atoms with Crippen molar-refractivity contribution < 1.29 is 27.8 Å². The molecule has 6 nitrogen and oxygen atoms in total. The zero-order valence-corrected chi connectivity index (χ0v) is 21.6. The van der Waals surface area contributed by atoms with Gasteiger partial charge in [0.15, 0.2) is 23.3 Å². The molecular formula is C28H27ClF2N2O4. The summed E-state index contributed by atoms with van der Waals surface area (Å²) in [5.74, 6) is -2.62. The van der Waals surface area contributed by atoms with Crippen molar-refractivity contribution in [2.24, 2.45) is 11.1 Å². The van der Waals surface area contributed by atoms with Gasteiger partial charge >= 0.3 is 6.09 Å². The summed E-state index contributed by atoms with van der Waals surface area (Å²) in [6, 6.07) is 14.3. The van der Waals surface area contributed by atoms with Crippen molar-refractivity contribution in [3.05, 3.63) is 87.9 Å². The molecule has 3 aromatic rings. The zero-order chi connectivity index (χ0) is 27.1. The molecule has 9 heteroatoms. The van der Waals surface area contributed by atoms with Crippen molar-refractivity contribution in [3.8, 4) is 16.9 Å². The SMILES string of the molecule is CNC(=O)c1ccc(F)c(F)c1-c1c(Cl)ccc2c1C[C@](c1ccccc1)([C@@H](OC(N)=O)C(C)(C)C)O2. The fourth-order valence-corrected chi connectivity index (χ4v) is 5.29. The van der Waals surface area contributed by atoms with Crippen LogP contribution in [0.1, 0.15) is 42.3 Å². The Morgan fingerprint density at radius 1 is 1.08 bits per heavy atom. The fraction of sp³-hybridized carbons (Fsp3) is 0.286. The van der Waals surface area contributed by atoms with Crippen molar-refractivity contribution in [2.45, 2.75) is 38.9 Å². The molecule has 1 heterocycles. The van der Waals surface area contributed by atoms with Gasteiger partial charge in [-0.15, -0.1) is 0 Å². The van der Waals surface area contributed by atoms with Crippen molar-refractivity contribution in [3.63, 3.8) is 0 Å². The maximum Gasteiger partial charge on any atom is 0.404 e. The Hall–Kier alpha value is -3.65. The molecule has 0 radical (unpaired) electrons. The van der Waals surface area contributed by atoms with Gasteiger partial charge in [-0.05, 0) is 29.8 Å². The van der Waals surface area contributed by atoms with Crippen molar-refractivity contribution in [1.82, 2.24) is 5.32 Å². The lowest BCUT2D eigenvalue weighted by Crippen LogP contribution is -2.53. The van der Waals surface area contributed by atoms with Crippen LogP contribution in [0.25, 0.3) is 11.1 Å². The minimum absolute atomic E-state index is 0.0700. The van der Waals surface area contributed by atoms with Gasteiger partial charge in [0, 0.05) is 40.6 Å². The maximum atomic E-state index is 15.4. The van der Waals surface area contributed by atoms with E-state index in [-0.39, 0.29) is 28.1 Å². The number of primary amides is 1. The first-order valence-corrected chi connectivity index (χ1v) is 12.0. The lowest BCUT2D eigenvalue weighted by atomic mass is 9.72. The summed E-state index contributed by atoms with van der Waals surface area (Å²) in [6.45, 7) is 5.63. The number of nitrogens with two attached hydrogens (primary N) is 1. The van der Waals surface area contributed by atoms with Crippen LogP contribution in [0, 0.1) is 17.0 Å². The monoisotopic (exact) mass is 528 g/mol. The molecule has 0 fully saturated rings. The summed E-state index contributed by atoms with van der Waals surface area (Å²) in [5.41, 5.74) is 4.41. The summed E-state index contributed by atoms with van der Waals surface area (Å²) in [7, 11) is 1.39. The molecular weight excluding hydrogens is 502 g/mol. The molecule has 2 amide bonds. The van der Waals surface area contributed by atoms with E-state index in [4.69, 9.17) is 26.8 Å². The number of benzene rings is 3. The predicted octanol–water partition coefficient (Wildman–Crippen LogP) is 5.99. The van der Waals surface area contributed by atoms with Crippen LogP contribution in [-0.2, 0) is 16.8 Å². The number of nitrogens with one attached hydrogen (secondary N) is 1. The van der Waals surface area contributed by atoms with Crippen molar-refractivity contribution >= 4 is 23.6 Å². The van der Waals surface area contributed by atoms with Crippen molar-refractivity contribution in [2.75, 3.05) is 7.05 Å². The van der Waals surface area contributed by atoms with Gasteiger partial charge in [-0.25, -0.2) is 13.6 Å². The predicted molar refractivity (Wildman–Crippen MR) is 137 cm³/mol. The number of fused-ring (bicyclic) bond motifs is 1. The highest BCUT2D eigenvalue weighted by Crippen LogP contribution is 2.53. The second-order valence-electron chi connectivity index (χ2n) is 9.98. The van der Waals surface area contributed by atoms with E-state index >= 15 is 4.39 Å². The molecule has 1 aliphatic heterocycles. The maximum absolute atomic E-state index is 15.4. The Labute approximate surface area is 218 Å². The molecule has 0 aromatic heterocycles. The van der Waals surface area contributed by atoms with Gasteiger partial charge in [-0.3, -0.25) is 4.79 Å². The highest BCUT2D eigenvalue weighted by Gasteiger charge is 2.55. The zero-order valence-electron chi connectivity index (χ0n) is 20.8. The third-order valence-electron chi connectivity index (χ3n) is 6.47. The standard InChI is InChI=1S/C28H27ClF2N2O4/c1-27(2,3)25(36-26(32)35)28(15-8-6-5-7-9-15)14-17-20(37-28)13-11-18(29)21(17)22-16(24(34)33-4)10-12-19(30)23(22)31/h5-13,25H,14H2,1-4H3,(H2,32,35)(H,33,34)/t25-,28-/m0/s1. The summed E-state index contributed by atoms with van der Waals surface area (Å²) in [6.07, 6.45) is -1.80. The Kier molecular flexibility index (Phi) is 6.90. The minimum atomic E-state index is -1.28. The van der Waals surface area contributed by atoms with Gasteiger partial charge in [0.05, 0.1) is 5.56 Å². The lowest BCUT2D eigenvalue weighted by Gasteiger charge is -2.43. The smallest absolute Gasteiger partial charge is 0.404 e. The molecule has 3 aromatic carbocycles. The Morgan fingerprint density at radius 3 is 2.35 bits per heavy atom. The molecule has 0 bridgehead atoms. The van der Waals surface area contributed by atoms with Crippen LogP contribution < -0.4 is 15.8 Å². The van der Waals surface area contributed by atoms with Gasteiger partial charge in [-0.1, -0.05) is 62.7 Å². The van der Waals surface area contributed by atoms with E-state index in [1.807, 2.05) is 51.1 Å². The van der Waals surface area contributed by atoms with E-state index in [9.17, 15) is 14.0 Å². The Balaban J connectivity index is 2.02. The first-order valence-electron chi connectivity index (χ1n) is 11.6. The normalized spacial score (nSPS) is 17.5. The lowest BCUT2D eigenvalue weighted by molar-refractivity contribution is -0.100. The number of rotatable bonds is 5. The summed E-state index contributed by atoms with van der Waals surface area (Å²) in [4.78, 5) is 24.7. The number of amides is 2. The number of hydrogen-bond acceptors (Lipinski definition) is 4. The number of carbonyl (C=O) groups excluding carboxylic acids is 2. The number of ether oxygens (including phenoxy) is 2. The third-order valence-corrected chi connectivity index (χ3v) is 6.79. The van der Waals surface area contributed by atoms with Crippen LogP contribution in [0.5, 0.6) is 5.75 Å². The van der Waals surface area contributed by atoms with Crippen LogP contribution in [0.15, 0.2) is 54.6 Å². The molecule has 0 aliphatic carbocycles. The average Bonchev–Trinajstić information content (AvgIpc) is 3.24. The number of carbonyl (C=O) groups is 2. The second-order valence-corrected chi connectivity index (χ2v) is 10.4. The van der Waals surface area contributed by atoms with Gasteiger partial charge < -0.3 is 20.5 Å². The molecule has 1 aliphatic rings. The summed E-state index contributed by atoms with van der Waals surface area (Å²) >= 11 is 6.60. The van der Waals surface area contributed by atoms with Gasteiger partial charge in [0.2, 0.25) is 0 Å². The number of hydrogen-bond donors (Lipinski definition) is 2. The van der Waals surface area contributed by atoms with Crippen LogP contribution in [0.4, 0.5) is 13.6 Å². The average molecular weight is 529 g/mol. The fourth-order valence-electron chi connectivity index (χ4n) is 5.02. The molecule has 2 atom stereocenters. The number of halogens is 3. The van der Waals surface area contributed by atoms with E-state index in [1.54, 1.807) is 6.07 Å². The van der Waals surface area contributed by atoms with E-state index in [0.717, 1.165) is 6.07 Å². The molecule has 194 valence electrons. The second kappa shape index (κ2) is 9.67. The molecule has 3 N–H and O–H groups in total. The van der Waals surface area contributed by atoms with Crippen LogP contribution in [0.3, 0.4) is 0 Å². The van der Waals surface area contributed by atoms with Gasteiger partial charge in [0.25, 0.3) is 5.91 Å². The van der Waals surface area contributed by atoms with Crippen LogP contribution >= 0.6 is 11.6 Å². The summed E-state index contributed by atoms with van der Waals surface area (Å²) in [5, 5.41) is 2.55. The van der Waals surface area contributed by atoms with E-state index in [0.29, 0.717) is 16.9 Å². The molecule has 0 saturated carbocycles. The highest BCUT2D eigenvalue weighted by atomic mass is 35.5. The van der Waals surface area contributed by atoms with Crippen LogP contribution in [0.2, 0.25) is 5.02 Å². The first kappa shape index (κ1) is 26.4. The third kappa shape index (κ3) is 4.62. The largest absolute Gasteiger partial charge is 0.478 e. The first-order chi connectivity index (χ1) is 17.4. The molecule has 4 rings (SSSR count). The van der Waals surface area contributed by atoms with Gasteiger partial charge in [0.1, 0.15) is 5.75 Å². The Morgan fingerprint density at radius 2 is 1.76 bits per heavy atom. The Bertz CT molecular complexity index is 1370. The molecule has 0 unspecified atom stereocenters. The van der Waals surface area contributed by atoms with E-state index < -0.39 is 40.8 Å². The highest BCUT2D eigenvalue weighted by molar-refractivity contribution is 6.34. The summed E-state index contributed by atoms with van der Waals surface area (Å²) < 4.78 is 42.1. The molecule has 37 heavy (non-hydrogen) atoms. The molecule has 0 spiro atoms. The quantitative estimate of drug-likeness (QED) is 0.426. The van der Waals surface area contributed by atoms with E-state index in [2.05, 4.69) is 5.32 Å². The van der Waals surface area contributed by atoms with Gasteiger partial charge in [-0.2, -0.15) is 0 Å². The minimum Gasteiger partial charge on any atom is -0.478 e. The van der Waals surface area contributed by atoms with Crippen molar-refractivity contribution in [1.29, 1.82) is 0 Å².